The number of hydrogen-bond acceptors (Lipinski definition) is 13. The third kappa shape index (κ3) is 11.3. The van der Waals surface area contributed by atoms with E-state index in [4.69, 9.17) is 26.2 Å². The molecule has 4 atom stereocenters. The number of esters is 1. The minimum absolute atomic E-state index is 0.0265. The lowest BCUT2D eigenvalue weighted by atomic mass is 10.1. The molecule has 0 radical (unpaired) electrons. The molecule has 11 N–H and O–H groups in total. The van der Waals surface area contributed by atoms with Crippen LogP contribution in [0.3, 0.4) is 0 Å². The first-order chi connectivity index (χ1) is 19.5. The topological polar surface area (TPSA) is 320 Å². The Morgan fingerprint density at radius 3 is 2.17 bits per heavy atom. The van der Waals surface area contributed by atoms with E-state index in [1.54, 1.807) is 0 Å². The van der Waals surface area contributed by atoms with Gasteiger partial charge in [0.15, 0.2) is 17.6 Å². The molecular formula is C23H27N3O15S. The van der Waals surface area contributed by atoms with Gasteiger partial charge in [-0.1, -0.05) is 0 Å². The first kappa shape index (κ1) is 35.1. The number of carboxylic acids is 4. The number of phenols is 2. The van der Waals surface area contributed by atoms with Crippen molar-refractivity contribution < 1.29 is 74.0 Å². The highest BCUT2D eigenvalue weighted by Crippen LogP contribution is 2.39. The Hall–Kier alpha value is -4.88. The van der Waals surface area contributed by atoms with Crippen LogP contribution in [-0.2, 0) is 38.3 Å². The van der Waals surface area contributed by atoms with Crippen molar-refractivity contribution in [3.05, 3.63) is 23.8 Å². The molecule has 0 heterocycles. The maximum Gasteiger partial charge on any atom is 0.348 e. The number of rotatable bonds is 17. The Kier molecular flexibility index (Phi) is 13.7. The van der Waals surface area contributed by atoms with Gasteiger partial charge in [-0.05, 0) is 30.2 Å². The molecular weight excluding hydrogens is 590 g/mol. The molecule has 1 rings (SSSR count). The highest BCUT2D eigenvalue weighted by molar-refractivity contribution is 7.99. The number of aliphatic hydroxyl groups is 1. The number of carbonyl (C=O) groups is 7. The minimum atomic E-state index is -2.58. The maximum atomic E-state index is 12.5. The van der Waals surface area contributed by atoms with Gasteiger partial charge in [0, 0.05) is 18.2 Å². The Morgan fingerprint density at radius 2 is 1.62 bits per heavy atom. The molecule has 0 saturated heterocycles. The molecule has 1 aromatic rings. The predicted molar refractivity (Wildman–Crippen MR) is 138 cm³/mol. The molecule has 0 saturated carbocycles. The van der Waals surface area contributed by atoms with Crippen molar-refractivity contribution in [3.63, 3.8) is 0 Å². The van der Waals surface area contributed by atoms with E-state index in [9.17, 15) is 48.9 Å². The van der Waals surface area contributed by atoms with Gasteiger partial charge in [0.25, 0.3) is 0 Å². The Balaban J connectivity index is 3.17. The number of nitrogens with one attached hydrogen (secondary N) is 2. The Bertz CT molecular complexity index is 1250. The normalized spacial score (nSPS) is 13.8. The van der Waals surface area contributed by atoms with Crippen LogP contribution < -0.4 is 16.4 Å². The number of nitrogens with two attached hydrogens (primary N) is 1. The number of carbonyl (C=O) groups excluding carboxylic acids is 3. The lowest BCUT2D eigenvalue weighted by Crippen LogP contribution is -2.49. The average Bonchev–Trinajstić information content (AvgIpc) is 2.91. The second kappa shape index (κ2) is 16.4. The zero-order valence-electron chi connectivity index (χ0n) is 21.3. The number of aromatic hydroxyl groups is 2. The van der Waals surface area contributed by atoms with Crippen molar-refractivity contribution in [1.82, 2.24) is 10.6 Å². The number of phenolic OH excluding ortho intramolecular Hbond substituents is 2. The zero-order valence-corrected chi connectivity index (χ0v) is 22.1. The molecule has 0 aliphatic carbocycles. The Labute approximate surface area is 239 Å². The van der Waals surface area contributed by atoms with Gasteiger partial charge in [0.05, 0.1) is 4.90 Å². The summed E-state index contributed by atoms with van der Waals surface area (Å²) in [5.74, 6) is -11.7. The van der Waals surface area contributed by atoms with Crippen LogP contribution in [-0.4, -0.2) is 114 Å². The van der Waals surface area contributed by atoms with Gasteiger partial charge >= 0.3 is 29.8 Å². The van der Waals surface area contributed by atoms with Crippen LogP contribution in [0.2, 0.25) is 0 Å². The van der Waals surface area contributed by atoms with Gasteiger partial charge < -0.3 is 56.8 Å². The van der Waals surface area contributed by atoms with E-state index in [2.05, 4.69) is 10.1 Å². The highest BCUT2D eigenvalue weighted by atomic mass is 32.2. The van der Waals surface area contributed by atoms with E-state index in [-0.39, 0.29) is 16.9 Å². The summed E-state index contributed by atoms with van der Waals surface area (Å²) in [7, 11) is 0. The maximum absolute atomic E-state index is 12.5. The molecule has 0 bridgehead atoms. The molecule has 1 aromatic carbocycles. The Morgan fingerprint density at radius 1 is 0.976 bits per heavy atom. The van der Waals surface area contributed by atoms with E-state index in [0.717, 1.165) is 12.1 Å². The van der Waals surface area contributed by atoms with E-state index in [1.165, 1.54) is 6.07 Å². The summed E-state index contributed by atoms with van der Waals surface area (Å²) in [6.07, 6.45) is -4.17. The number of ether oxygens (including phenoxy) is 1. The number of aliphatic carboxylic acids is 4. The summed E-state index contributed by atoms with van der Waals surface area (Å²) < 4.78 is 4.46. The second-order valence-electron chi connectivity index (χ2n) is 8.19. The summed E-state index contributed by atoms with van der Waals surface area (Å²) in [5.41, 5.74) is 5.32. The van der Waals surface area contributed by atoms with E-state index in [1.807, 2.05) is 5.32 Å². The largest absolute Gasteiger partial charge is 0.504 e. The SMILES string of the molecule is NC(CCC(=O)NC(CSc1c(/C=C/C(=O)OC(C(=O)O)C(O)C(=O)O)ccc(O)c1O)C(=O)NCC(=O)O)C(=O)O. The average molecular weight is 618 g/mol. The number of carboxylic acid groups (broad SMARTS) is 4. The molecule has 0 aliphatic rings. The molecule has 42 heavy (non-hydrogen) atoms. The highest BCUT2D eigenvalue weighted by Gasteiger charge is 2.35. The van der Waals surface area contributed by atoms with Crippen LogP contribution in [0.25, 0.3) is 6.08 Å². The van der Waals surface area contributed by atoms with Crippen molar-refractivity contribution in [3.8, 4) is 11.5 Å². The molecule has 0 fully saturated rings. The van der Waals surface area contributed by atoms with Crippen LogP contribution in [0.4, 0.5) is 0 Å². The van der Waals surface area contributed by atoms with Crippen molar-refractivity contribution in [2.75, 3.05) is 12.3 Å². The van der Waals surface area contributed by atoms with E-state index in [0.29, 0.717) is 17.8 Å². The summed E-state index contributed by atoms with van der Waals surface area (Å²) >= 11 is 0.642. The van der Waals surface area contributed by atoms with E-state index < -0.39 is 96.2 Å². The second-order valence-corrected chi connectivity index (χ2v) is 9.22. The number of amides is 2. The predicted octanol–water partition coefficient (Wildman–Crippen LogP) is -2.48. The lowest BCUT2D eigenvalue weighted by molar-refractivity contribution is -0.176. The van der Waals surface area contributed by atoms with Gasteiger partial charge in [-0.2, -0.15) is 0 Å². The van der Waals surface area contributed by atoms with Gasteiger partial charge in [-0.15, -0.1) is 11.8 Å². The number of benzene rings is 1. The van der Waals surface area contributed by atoms with Crippen molar-refractivity contribution in [1.29, 1.82) is 0 Å². The molecule has 2 amide bonds. The summed E-state index contributed by atoms with van der Waals surface area (Å²) in [6, 6.07) is -0.649. The van der Waals surface area contributed by atoms with Crippen LogP contribution in [0.5, 0.6) is 11.5 Å². The van der Waals surface area contributed by atoms with Crippen molar-refractivity contribution in [2.45, 2.75) is 42.0 Å². The summed E-state index contributed by atoms with van der Waals surface area (Å²) in [4.78, 5) is 80.4. The van der Waals surface area contributed by atoms with Gasteiger partial charge in [-0.3, -0.25) is 19.2 Å². The molecule has 19 heteroatoms. The van der Waals surface area contributed by atoms with E-state index >= 15 is 0 Å². The third-order valence-electron chi connectivity index (χ3n) is 5.03. The minimum Gasteiger partial charge on any atom is -0.504 e. The van der Waals surface area contributed by atoms with Crippen molar-refractivity contribution >= 4 is 59.5 Å². The fraction of sp³-hybridized carbons (Fsp3) is 0.348. The first-order valence-corrected chi connectivity index (χ1v) is 12.5. The number of thioether (sulfide) groups is 1. The summed E-state index contributed by atoms with van der Waals surface area (Å²) in [5, 5.41) is 69.5. The monoisotopic (exact) mass is 617 g/mol. The summed E-state index contributed by atoms with van der Waals surface area (Å²) in [6.45, 7) is -0.818. The molecule has 18 nitrogen and oxygen atoms in total. The lowest BCUT2D eigenvalue weighted by Gasteiger charge is -2.19. The molecule has 4 unspecified atom stereocenters. The third-order valence-corrected chi connectivity index (χ3v) is 6.24. The number of hydrogen-bond donors (Lipinski definition) is 10. The molecule has 230 valence electrons. The molecule has 0 aliphatic heterocycles. The fourth-order valence-electron chi connectivity index (χ4n) is 2.87. The molecule has 0 aromatic heterocycles. The van der Waals surface area contributed by atoms with Gasteiger partial charge in [0.1, 0.15) is 18.6 Å². The van der Waals surface area contributed by atoms with Crippen LogP contribution in [0.15, 0.2) is 23.1 Å². The quantitative estimate of drug-likeness (QED) is 0.0374. The van der Waals surface area contributed by atoms with Crippen LogP contribution >= 0.6 is 11.8 Å². The number of aliphatic hydroxyl groups excluding tert-OH is 1. The van der Waals surface area contributed by atoms with Crippen molar-refractivity contribution in [2.24, 2.45) is 5.73 Å². The standard InChI is InChI=1S/C23H27N3O15S/c24-10(21(35)36)3-5-13(28)26-11(20(34)25-7-14(29)30)8-42-19-9(1-4-12(27)16(19)32)2-6-15(31)41-18(23(39)40)17(33)22(37)38/h1-2,4,6,10-11,17-18,27,32-33H,3,5,7-8,24H2,(H,25,34)(H,26,28)(H,29,30)(H,35,36)(H,37,38)(H,39,40)/b6-2+. The van der Waals surface area contributed by atoms with Crippen LogP contribution in [0.1, 0.15) is 18.4 Å². The molecule has 0 spiro atoms. The van der Waals surface area contributed by atoms with Gasteiger partial charge in [-0.25, -0.2) is 14.4 Å². The first-order valence-electron chi connectivity index (χ1n) is 11.5. The fourth-order valence-corrected chi connectivity index (χ4v) is 3.99. The van der Waals surface area contributed by atoms with Gasteiger partial charge in [0.2, 0.25) is 17.9 Å². The van der Waals surface area contributed by atoms with Crippen LogP contribution in [0, 0.1) is 0 Å². The zero-order chi connectivity index (χ0) is 32.1. The smallest absolute Gasteiger partial charge is 0.348 e.